The molecule has 1 aromatic heterocycles. The molecule has 0 saturated carbocycles. The van der Waals surface area contributed by atoms with E-state index in [1.807, 2.05) is 66.7 Å². The van der Waals surface area contributed by atoms with Gasteiger partial charge >= 0.3 is 0 Å². The van der Waals surface area contributed by atoms with Crippen LogP contribution >= 0.6 is 11.6 Å². The van der Waals surface area contributed by atoms with Crippen molar-refractivity contribution in [3.8, 4) is 5.75 Å². The summed E-state index contributed by atoms with van der Waals surface area (Å²) in [5.41, 5.74) is 4.57. The molecule has 4 aromatic rings. The number of amides is 1. The Hall–Kier alpha value is -3.50. The predicted molar refractivity (Wildman–Crippen MR) is 122 cm³/mol. The first-order valence-corrected chi connectivity index (χ1v) is 10.2. The number of aromatic nitrogens is 1. The van der Waals surface area contributed by atoms with E-state index in [2.05, 4.69) is 28.2 Å². The van der Waals surface area contributed by atoms with Crippen LogP contribution in [0.2, 0.25) is 5.02 Å². The van der Waals surface area contributed by atoms with Crippen molar-refractivity contribution in [2.75, 3.05) is 11.9 Å². The Morgan fingerprint density at radius 1 is 0.967 bits per heavy atom. The highest BCUT2D eigenvalue weighted by molar-refractivity contribution is 6.35. The van der Waals surface area contributed by atoms with E-state index in [4.69, 9.17) is 16.3 Å². The molecule has 0 fully saturated rings. The lowest BCUT2D eigenvalue weighted by molar-refractivity contribution is -0.110. The number of nitrogens with one attached hydrogen (secondary N) is 1. The van der Waals surface area contributed by atoms with Crippen LogP contribution in [-0.4, -0.2) is 17.1 Å². The first-order valence-electron chi connectivity index (χ1n) is 9.78. The molecule has 4 nitrogen and oxygen atoms in total. The number of rotatable bonds is 5. The second-order valence-corrected chi connectivity index (χ2v) is 7.54. The zero-order valence-electron chi connectivity index (χ0n) is 16.1. The van der Waals surface area contributed by atoms with Crippen LogP contribution in [0, 0.1) is 0 Å². The number of hydrogen-bond donors (Lipinski definition) is 1. The van der Waals surface area contributed by atoms with Crippen LogP contribution in [0.1, 0.15) is 11.1 Å². The van der Waals surface area contributed by atoms with E-state index in [9.17, 15) is 4.79 Å². The average Bonchev–Trinajstić information content (AvgIpc) is 3.27. The molecule has 0 bridgehead atoms. The van der Waals surface area contributed by atoms with Gasteiger partial charge in [-0.05, 0) is 30.3 Å². The molecule has 30 heavy (non-hydrogen) atoms. The predicted octanol–water partition coefficient (Wildman–Crippen LogP) is 5.87. The molecule has 0 atom stereocenters. The first kappa shape index (κ1) is 18.5. The molecule has 1 amide bonds. The molecule has 0 radical (unpaired) electrons. The minimum Gasteiger partial charge on any atom is -0.490 e. The molecule has 0 spiro atoms. The molecule has 2 heterocycles. The largest absolute Gasteiger partial charge is 0.490 e. The fraction of sp³-hybridized carbons (Fsp3) is 0.0800. The Kier molecular flexibility index (Phi) is 4.77. The molecular formula is C25H19ClN2O2. The molecule has 1 aliphatic rings. The molecule has 1 N–H and O–H groups in total. The van der Waals surface area contributed by atoms with E-state index >= 15 is 0 Å². The number of hydrogen-bond acceptors (Lipinski definition) is 2. The lowest BCUT2D eigenvalue weighted by atomic mass is 10.0. The summed E-state index contributed by atoms with van der Waals surface area (Å²) in [6.45, 7) is 1.15. The van der Waals surface area contributed by atoms with Crippen LogP contribution in [0.3, 0.4) is 0 Å². The number of benzene rings is 3. The monoisotopic (exact) mass is 414 g/mol. The van der Waals surface area contributed by atoms with Crippen LogP contribution in [0.4, 0.5) is 5.69 Å². The highest BCUT2D eigenvalue weighted by Crippen LogP contribution is 2.34. The summed E-state index contributed by atoms with van der Waals surface area (Å²) in [6.07, 6.45) is 4.04. The maximum absolute atomic E-state index is 12.5. The van der Waals surface area contributed by atoms with Crippen molar-refractivity contribution in [2.24, 2.45) is 0 Å². The number of carbonyl (C=O) groups is 1. The van der Waals surface area contributed by atoms with Gasteiger partial charge in [0.25, 0.3) is 5.91 Å². The van der Waals surface area contributed by atoms with Crippen LogP contribution in [0.15, 0.2) is 79.0 Å². The van der Waals surface area contributed by atoms with Crippen molar-refractivity contribution < 1.29 is 9.53 Å². The number of ether oxygens (including phenoxy) is 1. The van der Waals surface area contributed by atoms with E-state index in [1.54, 1.807) is 0 Å². The van der Waals surface area contributed by atoms with E-state index in [0.717, 1.165) is 27.7 Å². The fourth-order valence-electron chi connectivity index (χ4n) is 3.83. The Morgan fingerprint density at radius 3 is 2.63 bits per heavy atom. The summed E-state index contributed by atoms with van der Waals surface area (Å²) in [5.74, 6) is 0.604. The Labute approximate surface area is 179 Å². The molecule has 1 aliphatic heterocycles. The van der Waals surface area contributed by atoms with E-state index in [-0.39, 0.29) is 5.91 Å². The molecule has 3 aromatic carbocycles. The normalized spacial score (nSPS) is 14.2. The lowest BCUT2D eigenvalue weighted by Gasteiger charge is -2.09. The van der Waals surface area contributed by atoms with Gasteiger partial charge in [0.15, 0.2) is 0 Å². The van der Waals surface area contributed by atoms with Crippen LogP contribution < -0.4 is 10.1 Å². The van der Waals surface area contributed by atoms with E-state index in [1.165, 1.54) is 0 Å². The molecule has 5 rings (SSSR count). The van der Waals surface area contributed by atoms with Crippen LogP contribution in [-0.2, 0) is 11.3 Å². The lowest BCUT2D eigenvalue weighted by Crippen LogP contribution is -2.07. The molecule has 148 valence electrons. The number of anilines is 1. The standard InChI is InChI=1S/C25H19ClN2O2/c26-21-9-3-6-12-24(21)30-14-13-28-16-17(18-7-2-5-11-23(18)28)15-20-19-8-1-4-10-22(19)27-25(20)29/h1-12,15-16H,13-14H2,(H,27,29)/b20-15+. The summed E-state index contributed by atoms with van der Waals surface area (Å²) < 4.78 is 8.01. The number of carbonyl (C=O) groups excluding carboxylic acids is 1. The van der Waals surface area contributed by atoms with Gasteiger partial charge in [-0.15, -0.1) is 0 Å². The first-order chi connectivity index (χ1) is 14.7. The van der Waals surface area contributed by atoms with Gasteiger partial charge in [-0.1, -0.05) is 60.1 Å². The second-order valence-electron chi connectivity index (χ2n) is 7.13. The van der Waals surface area contributed by atoms with Crippen LogP contribution in [0.5, 0.6) is 5.75 Å². The minimum atomic E-state index is -0.0740. The third-order valence-electron chi connectivity index (χ3n) is 5.26. The summed E-state index contributed by atoms with van der Waals surface area (Å²) in [4.78, 5) is 12.5. The highest BCUT2D eigenvalue weighted by atomic mass is 35.5. The third-order valence-corrected chi connectivity index (χ3v) is 5.57. The number of para-hydroxylation sites is 3. The summed E-state index contributed by atoms with van der Waals surface area (Å²) in [7, 11) is 0. The number of halogens is 1. The SMILES string of the molecule is O=C1Nc2ccccc2/C1=C\c1cn(CCOc2ccccc2Cl)c2ccccc12. The smallest absolute Gasteiger partial charge is 0.256 e. The molecule has 5 heteroatoms. The molecule has 0 unspecified atom stereocenters. The van der Waals surface area contributed by atoms with Crippen molar-refractivity contribution in [1.82, 2.24) is 4.57 Å². The van der Waals surface area contributed by atoms with Crippen molar-refractivity contribution in [3.63, 3.8) is 0 Å². The van der Waals surface area contributed by atoms with Gasteiger partial charge in [0.2, 0.25) is 0 Å². The quantitative estimate of drug-likeness (QED) is 0.415. The van der Waals surface area contributed by atoms with Crippen molar-refractivity contribution in [3.05, 3.63) is 95.1 Å². The van der Waals surface area contributed by atoms with Gasteiger partial charge in [0, 0.05) is 39.5 Å². The number of fused-ring (bicyclic) bond motifs is 2. The van der Waals surface area contributed by atoms with Gasteiger partial charge in [0.05, 0.1) is 11.6 Å². The Balaban J connectivity index is 1.46. The van der Waals surface area contributed by atoms with Crippen molar-refractivity contribution >= 4 is 45.7 Å². The van der Waals surface area contributed by atoms with Gasteiger partial charge in [-0.25, -0.2) is 0 Å². The van der Waals surface area contributed by atoms with Crippen molar-refractivity contribution in [1.29, 1.82) is 0 Å². The molecule has 0 aliphatic carbocycles. The van der Waals surface area contributed by atoms with Crippen LogP contribution in [0.25, 0.3) is 22.6 Å². The van der Waals surface area contributed by atoms with E-state index < -0.39 is 0 Å². The fourth-order valence-corrected chi connectivity index (χ4v) is 4.02. The van der Waals surface area contributed by atoms with Gasteiger partial charge in [-0.2, -0.15) is 0 Å². The van der Waals surface area contributed by atoms with Crippen molar-refractivity contribution in [2.45, 2.75) is 6.54 Å². The highest BCUT2D eigenvalue weighted by Gasteiger charge is 2.23. The number of nitrogens with zero attached hydrogens (tertiary/aromatic N) is 1. The zero-order chi connectivity index (χ0) is 20.5. The minimum absolute atomic E-state index is 0.0740. The second kappa shape index (κ2) is 7.73. The van der Waals surface area contributed by atoms with E-state index in [0.29, 0.717) is 29.5 Å². The van der Waals surface area contributed by atoms with Gasteiger partial charge in [0.1, 0.15) is 12.4 Å². The van der Waals surface area contributed by atoms with Gasteiger partial charge < -0.3 is 14.6 Å². The maximum atomic E-state index is 12.5. The average molecular weight is 415 g/mol. The zero-order valence-corrected chi connectivity index (χ0v) is 16.9. The summed E-state index contributed by atoms with van der Waals surface area (Å²) >= 11 is 6.18. The maximum Gasteiger partial charge on any atom is 0.256 e. The van der Waals surface area contributed by atoms with Gasteiger partial charge in [-0.3, -0.25) is 4.79 Å². The molecular weight excluding hydrogens is 396 g/mol. The Bertz CT molecular complexity index is 1290. The summed E-state index contributed by atoms with van der Waals surface area (Å²) in [5, 5.41) is 4.63. The summed E-state index contributed by atoms with van der Waals surface area (Å²) in [6, 6.07) is 23.4. The third kappa shape index (κ3) is 3.36. The molecule has 0 saturated heterocycles. The topological polar surface area (TPSA) is 43.3 Å². The Morgan fingerprint density at radius 2 is 1.73 bits per heavy atom.